The Kier molecular flexibility index (Phi) is 5.09. The molecule has 3 rings (SSSR count). The Morgan fingerprint density at radius 1 is 1.12 bits per heavy atom. The van der Waals surface area contributed by atoms with Gasteiger partial charge in [0.05, 0.1) is 6.61 Å². The maximum atomic E-state index is 12.2. The van der Waals surface area contributed by atoms with Gasteiger partial charge in [-0.1, -0.05) is 24.3 Å². The SMILES string of the molecule is CCOc1ccc(Cc2nnc(Nc3cccc(C)c3)[nH]c2=O)cc1. The minimum absolute atomic E-state index is 0.251. The number of benzene rings is 2. The van der Waals surface area contributed by atoms with Gasteiger partial charge < -0.3 is 10.1 Å². The van der Waals surface area contributed by atoms with E-state index in [-0.39, 0.29) is 5.56 Å². The van der Waals surface area contributed by atoms with Crippen LogP contribution in [0.5, 0.6) is 5.75 Å². The van der Waals surface area contributed by atoms with E-state index in [1.807, 2.05) is 62.4 Å². The first-order valence-corrected chi connectivity index (χ1v) is 8.15. The van der Waals surface area contributed by atoms with Crippen LogP contribution in [0.15, 0.2) is 53.3 Å². The molecule has 0 spiro atoms. The van der Waals surface area contributed by atoms with Crippen molar-refractivity contribution in [3.8, 4) is 5.75 Å². The highest BCUT2D eigenvalue weighted by molar-refractivity contribution is 5.53. The van der Waals surface area contributed by atoms with Crippen LogP contribution in [0.3, 0.4) is 0 Å². The third-order valence-electron chi connectivity index (χ3n) is 3.65. The summed E-state index contributed by atoms with van der Waals surface area (Å²) in [5, 5.41) is 11.2. The van der Waals surface area contributed by atoms with E-state index >= 15 is 0 Å². The van der Waals surface area contributed by atoms with Crippen LogP contribution in [0, 0.1) is 6.92 Å². The molecule has 0 fully saturated rings. The third-order valence-corrected chi connectivity index (χ3v) is 3.65. The van der Waals surface area contributed by atoms with Crippen LogP contribution in [-0.2, 0) is 6.42 Å². The lowest BCUT2D eigenvalue weighted by Gasteiger charge is -2.07. The van der Waals surface area contributed by atoms with Crippen molar-refractivity contribution in [2.45, 2.75) is 20.3 Å². The van der Waals surface area contributed by atoms with Crippen molar-refractivity contribution in [3.05, 3.63) is 75.7 Å². The van der Waals surface area contributed by atoms with Crippen molar-refractivity contribution in [2.24, 2.45) is 0 Å². The minimum Gasteiger partial charge on any atom is -0.494 e. The van der Waals surface area contributed by atoms with Gasteiger partial charge in [-0.05, 0) is 49.2 Å². The summed E-state index contributed by atoms with van der Waals surface area (Å²) in [5.74, 6) is 1.13. The minimum atomic E-state index is -0.251. The van der Waals surface area contributed by atoms with Crippen molar-refractivity contribution >= 4 is 11.6 Å². The molecular formula is C19H20N4O2. The second-order valence-corrected chi connectivity index (χ2v) is 5.70. The molecule has 0 aliphatic carbocycles. The Balaban J connectivity index is 1.72. The zero-order valence-electron chi connectivity index (χ0n) is 14.2. The molecule has 0 atom stereocenters. The van der Waals surface area contributed by atoms with E-state index in [0.29, 0.717) is 24.7 Å². The summed E-state index contributed by atoms with van der Waals surface area (Å²) in [6.45, 7) is 4.56. The van der Waals surface area contributed by atoms with Crippen LogP contribution < -0.4 is 15.6 Å². The van der Waals surface area contributed by atoms with E-state index in [4.69, 9.17) is 4.74 Å². The molecule has 0 unspecified atom stereocenters. The summed E-state index contributed by atoms with van der Waals surface area (Å²) < 4.78 is 5.41. The predicted molar refractivity (Wildman–Crippen MR) is 97.5 cm³/mol. The lowest BCUT2D eigenvalue weighted by Crippen LogP contribution is -2.18. The fraction of sp³-hybridized carbons (Fsp3) is 0.211. The molecule has 6 nitrogen and oxygen atoms in total. The number of nitrogens with one attached hydrogen (secondary N) is 2. The third kappa shape index (κ3) is 4.44. The fourth-order valence-corrected chi connectivity index (χ4v) is 2.46. The molecule has 3 aromatic rings. The fourth-order valence-electron chi connectivity index (χ4n) is 2.46. The number of ether oxygens (including phenoxy) is 1. The highest BCUT2D eigenvalue weighted by Gasteiger charge is 2.07. The van der Waals surface area contributed by atoms with Gasteiger partial charge in [-0.25, -0.2) is 0 Å². The summed E-state index contributed by atoms with van der Waals surface area (Å²) in [4.78, 5) is 15.0. The van der Waals surface area contributed by atoms with Gasteiger partial charge in [0, 0.05) is 12.1 Å². The van der Waals surface area contributed by atoms with E-state index in [2.05, 4.69) is 20.5 Å². The van der Waals surface area contributed by atoms with Crippen molar-refractivity contribution in [1.29, 1.82) is 0 Å². The van der Waals surface area contributed by atoms with Crippen LogP contribution >= 0.6 is 0 Å². The monoisotopic (exact) mass is 336 g/mol. The number of aromatic amines is 1. The van der Waals surface area contributed by atoms with Crippen molar-refractivity contribution in [2.75, 3.05) is 11.9 Å². The van der Waals surface area contributed by atoms with Crippen LogP contribution in [0.1, 0.15) is 23.7 Å². The molecule has 0 bridgehead atoms. The number of hydrogen-bond donors (Lipinski definition) is 2. The van der Waals surface area contributed by atoms with Gasteiger partial charge in [-0.15, -0.1) is 10.2 Å². The number of H-pyrrole nitrogens is 1. The van der Waals surface area contributed by atoms with E-state index in [1.54, 1.807) is 0 Å². The van der Waals surface area contributed by atoms with Gasteiger partial charge in [0.25, 0.3) is 5.56 Å². The molecule has 25 heavy (non-hydrogen) atoms. The van der Waals surface area contributed by atoms with E-state index in [0.717, 1.165) is 22.6 Å². The number of anilines is 2. The molecule has 0 aliphatic rings. The zero-order valence-corrected chi connectivity index (χ0v) is 14.2. The first-order valence-electron chi connectivity index (χ1n) is 8.15. The second kappa shape index (κ2) is 7.61. The van der Waals surface area contributed by atoms with Gasteiger partial charge >= 0.3 is 0 Å². The van der Waals surface area contributed by atoms with E-state index < -0.39 is 0 Å². The Labute approximate surface area is 145 Å². The van der Waals surface area contributed by atoms with Crippen LogP contribution in [0.4, 0.5) is 11.6 Å². The largest absolute Gasteiger partial charge is 0.494 e. The molecular weight excluding hydrogens is 316 g/mol. The summed E-state index contributed by atoms with van der Waals surface area (Å²) in [6, 6.07) is 15.4. The summed E-state index contributed by atoms with van der Waals surface area (Å²) in [7, 11) is 0. The lowest BCUT2D eigenvalue weighted by molar-refractivity contribution is 0.340. The van der Waals surface area contributed by atoms with E-state index in [1.165, 1.54) is 0 Å². The molecule has 0 radical (unpaired) electrons. The Morgan fingerprint density at radius 2 is 1.92 bits per heavy atom. The van der Waals surface area contributed by atoms with Gasteiger partial charge in [0.2, 0.25) is 5.95 Å². The van der Waals surface area contributed by atoms with Crippen molar-refractivity contribution < 1.29 is 4.74 Å². The maximum Gasteiger partial charge on any atom is 0.274 e. The van der Waals surface area contributed by atoms with Crippen molar-refractivity contribution in [3.63, 3.8) is 0 Å². The standard InChI is InChI=1S/C19H20N4O2/c1-3-25-16-9-7-14(8-10-16)12-17-18(24)21-19(23-22-17)20-15-6-4-5-13(2)11-15/h4-11H,3,12H2,1-2H3,(H2,20,21,23,24). The summed E-state index contributed by atoms with van der Waals surface area (Å²) >= 11 is 0. The van der Waals surface area contributed by atoms with Gasteiger partial charge in [-0.2, -0.15) is 0 Å². The number of aryl methyl sites for hydroxylation is 1. The average Bonchev–Trinajstić information content (AvgIpc) is 2.59. The molecule has 2 aromatic carbocycles. The smallest absolute Gasteiger partial charge is 0.274 e. The average molecular weight is 336 g/mol. The van der Waals surface area contributed by atoms with Crippen LogP contribution in [0.25, 0.3) is 0 Å². The van der Waals surface area contributed by atoms with Gasteiger partial charge in [0.15, 0.2) is 0 Å². The number of nitrogens with zero attached hydrogens (tertiary/aromatic N) is 2. The second-order valence-electron chi connectivity index (χ2n) is 5.70. The quantitative estimate of drug-likeness (QED) is 0.722. The molecule has 128 valence electrons. The van der Waals surface area contributed by atoms with Crippen LogP contribution in [-0.4, -0.2) is 21.8 Å². The maximum absolute atomic E-state index is 12.2. The number of aromatic nitrogens is 3. The highest BCUT2D eigenvalue weighted by Crippen LogP contribution is 2.15. The first kappa shape index (κ1) is 16.7. The Morgan fingerprint density at radius 3 is 2.60 bits per heavy atom. The topological polar surface area (TPSA) is 79.9 Å². The molecule has 0 saturated carbocycles. The summed E-state index contributed by atoms with van der Waals surface area (Å²) in [6.07, 6.45) is 0.416. The molecule has 1 heterocycles. The predicted octanol–water partition coefficient (Wildman–Crippen LogP) is 3.21. The molecule has 0 aliphatic heterocycles. The highest BCUT2D eigenvalue weighted by atomic mass is 16.5. The molecule has 0 amide bonds. The van der Waals surface area contributed by atoms with Crippen LogP contribution in [0.2, 0.25) is 0 Å². The van der Waals surface area contributed by atoms with Crippen molar-refractivity contribution in [1.82, 2.24) is 15.2 Å². The Hall–Kier alpha value is -3.15. The van der Waals surface area contributed by atoms with Gasteiger partial charge in [0.1, 0.15) is 11.4 Å². The molecule has 2 N–H and O–H groups in total. The first-order chi connectivity index (χ1) is 12.1. The molecule has 1 aromatic heterocycles. The van der Waals surface area contributed by atoms with Gasteiger partial charge in [-0.3, -0.25) is 9.78 Å². The molecule has 0 saturated heterocycles. The van der Waals surface area contributed by atoms with E-state index in [9.17, 15) is 4.79 Å². The number of rotatable bonds is 6. The molecule has 6 heteroatoms. The zero-order chi connectivity index (χ0) is 17.6. The normalized spacial score (nSPS) is 10.5. The number of hydrogen-bond acceptors (Lipinski definition) is 5. The Bertz CT molecular complexity index is 904. The lowest BCUT2D eigenvalue weighted by atomic mass is 10.1. The summed E-state index contributed by atoms with van der Waals surface area (Å²) in [5.41, 5.74) is 3.07.